The molecule has 0 bridgehead atoms. The molecule has 2 aromatic rings. The highest BCUT2D eigenvalue weighted by molar-refractivity contribution is 9.10. The van der Waals surface area contributed by atoms with Crippen molar-refractivity contribution in [2.75, 3.05) is 6.54 Å². The zero-order chi connectivity index (χ0) is 15.3. The Morgan fingerprint density at radius 1 is 1.00 bits per heavy atom. The third-order valence-electron chi connectivity index (χ3n) is 2.99. The summed E-state index contributed by atoms with van der Waals surface area (Å²) in [6, 6.07) is 13.4. The van der Waals surface area contributed by atoms with Crippen LogP contribution in [0.3, 0.4) is 0 Å². The summed E-state index contributed by atoms with van der Waals surface area (Å²) < 4.78 is 27.5. The number of phenolic OH excluding ortho intramolecular Hbond substituents is 1. The van der Waals surface area contributed by atoms with Crippen molar-refractivity contribution >= 4 is 26.0 Å². The number of benzene rings is 2. The van der Waals surface area contributed by atoms with Crippen molar-refractivity contribution in [1.82, 2.24) is 4.72 Å². The molecule has 6 heteroatoms. The molecule has 0 saturated carbocycles. The molecule has 0 spiro atoms. The van der Waals surface area contributed by atoms with Crippen LogP contribution in [-0.2, 0) is 16.4 Å². The lowest BCUT2D eigenvalue weighted by molar-refractivity contribution is 0.475. The van der Waals surface area contributed by atoms with Gasteiger partial charge in [-0.2, -0.15) is 0 Å². The summed E-state index contributed by atoms with van der Waals surface area (Å²) in [5.41, 5.74) is 1.07. The van der Waals surface area contributed by atoms with E-state index in [1.54, 1.807) is 36.4 Å². The molecule has 0 saturated heterocycles. The van der Waals surface area contributed by atoms with Gasteiger partial charge in [-0.05, 0) is 54.8 Å². The minimum absolute atomic E-state index is 0.231. The molecule has 112 valence electrons. The smallest absolute Gasteiger partial charge is 0.240 e. The van der Waals surface area contributed by atoms with Gasteiger partial charge in [-0.3, -0.25) is 0 Å². The summed E-state index contributed by atoms with van der Waals surface area (Å²) >= 11 is 3.27. The molecule has 0 fully saturated rings. The number of nitrogens with one attached hydrogen (secondary N) is 1. The second-order valence-electron chi connectivity index (χ2n) is 4.62. The molecule has 2 N–H and O–H groups in total. The topological polar surface area (TPSA) is 66.4 Å². The van der Waals surface area contributed by atoms with E-state index < -0.39 is 10.0 Å². The molecule has 0 amide bonds. The van der Waals surface area contributed by atoms with Crippen LogP contribution in [0.5, 0.6) is 5.75 Å². The monoisotopic (exact) mass is 369 g/mol. The van der Waals surface area contributed by atoms with Crippen molar-refractivity contribution in [3.05, 3.63) is 58.6 Å². The predicted molar refractivity (Wildman–Crippen MR) is 85.8 cm³/mol. The standard InChI is InChI=1S/C15H16BrNO3S/c16-13-5-9-15(10-6-13)21(19,20)17-11-1-2-12-3-7-14(18)8-4-12/h3-10,17-18H,1-2,11H2. The van der Waals surface area contributed by atoms with E-state index in [1.165, 1.54) is 0 Å². The van der Waals surface area contributed by atoms with E-state index in [-0.39, 0.29) is 10.6 Å². The third-order valence-corrected chi connectivity index (χ3v) is 5.00. The van der Waals surface area contributed by atoms with E-state index >= 15 is 0 Å². The number of hydrogen-bond donors (Lipinski definition) is 2. The van der Waals surface area contributed by atoms with Crippen molar-refractivity contribution in [3.63, 3.8) is 0 Å². The zero-order valence-corrected chi connectivity index (χ0v) is 13.7. The summed E-state index contributed by atoms with van der Waals surface area (Å²) in [5, 5.41) is 9.19. The van der Waals surface area contributed by atoms with Crippen LogP contribution in [0.2, 0.25) is 0 Å². The summed E-state index contributed by atoms with van der Waals surface area (Å²) in [7, 11) is -3.45. The second-order valence-corrected chi connectivity index (χ2v) is 7.30. The van der Waals surface area contributed by atoms with Gasteiger partial charge in [-0.15, -0.1) is 0 Å². The highest BCUT2D eigenvalue weighted by atomic mass is 79.9. The van der Waals surface area contributed by atoms with Crippen LogP contribution in [0.1, 0.15) is 12.0 Å². The van der Waals surface area contributed by atoms with Crippen LogP contribution in [0.25, 0.3) is 0 Å². The van der Waals surface area contributed by atoms with Gasteiger partial charge in [0.2, 0.25) is 10.0 Å². The maximum absolute atomic E-state index is 12.0. The predicted octanol–water partition coefficient (Wildman–Crippen LogP) is 3.07. The number of aromatic hydroxyl groups is 1. The minimum Gasteiger partial charge on any atom is -0.508 e. The number of halogens is 1. The molecule has 2 rings (SSSR count). The molecule has 4 nitrogen and oxygen atoms in total. The quantitative estimate of drug-likeness (QED) is 0.768. The fourth-order valence-corrected chi connectivity index (χ4v) is 3.20. The fraction of sp³-hybridized carbons (Fsp3) is 0.200. The van der Waals surface area contributed by atoms with Crippen LogP contribution in [0.15, 0.2) is 57.9 Å². The van der Waals surface area contributed by atoms with Crippen LogP contribution >= 0.6 is 15.9 Å². The Kier molecular flexibility index (Phi) is 5.39. The molecule has 21 heavy (non-hydrogen) atoms. The number of sulfonamides is 1. The highest BCUT2D eigenvalue weighted by Gasteiger charge is 2.12. The lowest BCUT2D eigenvalue weighted by atomic mass is 10.1. The van der Waals surface area contributed by atoms with E-state index in [0.717, 1.165) is 16.5 Å². The van der Waals surface area contributed by atoms with Crippen molar-refractivity contribution in [2.45, 2.75) is 17.7 Å². The Labute approximate surface area is 133 Å². The lowest BCUT2D eigenvalue weighted by Crippen LogP contribution is -2.25. The Hall–Kier alpha value is -1.37. The molecule has 0 unspecified atom stereocenters. The molecular formula is C15H16BrNO3S. The van der Waals surface area contributed by atoms with Crippen LogP contribution in [-0.4, -0.2) is 20.1 Å². The molecule has 0 aliphatic carbocycles. The first kappa shape index (κ1) is 16.0. The first-order valence-corrected chi connectivity index (χ1v) is 8.78. The summed E-state index contributed by atoms with van der Waals surface area (Å²) in [4.78, 5) is 0.260. The Balaban J connectivity index is 1.85. The lowest BCUT2D eigenvalue weighted by Gasteiger charge is -2.07. The highest BCUT2D eigenvalue weighted by Crippen LogP contribution is 2.15. The summed E-state index contributed by atoms with van der Waals surface area (Å²) in [6.45, 7) is 0.374. The van der Waals surface area contributed by atoms with Crippen molar-refractivity contribution in [3.8, 4) is 5.75 Å². The van der Waals surface area contributed by atoms with E-state index in [2.05, 4.69) is 20.7 Å². The average Bonchev–Trinajstić information content (AvgIpc) is 2.46. The van der Waals surface area contributed by atoms with Gasteiger partial charge in [0.1, 0.15) is 5.75 Å². The number of aryl methyl sites for hydroxylation is 1. The first-order chi connectivity index (χ1) is 9.97. The molecule has 0 radical (unpaired) electrons. The van der Waals surface area contributed by atoms with Crippen molar-refractivity contribution in [2.24, 2.45) is 0 Å². The summed E-state index contributed by atoms with van der Waals surface area (Å²) in [5.74, 6) is 0.231. The Morgan fingerprint density at radius 2 is 1.62 bits per heavy atom. The van der Waals surface area contributed by atoms with Gasteiger partial charge < -0.3 is 5.11 Å². The Bertz CT molecular complexity index is 682. The van der Waals surface area contributed by atoms with Crippen molar-refractivity contribution < 1.29 is 13.5 Å². The van der Waals surface area contributed by atoms with Gasteiger partial charge >= 0.3 is 0 Å². The maximum atomic E-state index is 12.0. The van der Waals surface area contributed by atoms with Gasteiger partial charge in [0.05, 0.1) is 4.90 Å². The second kappa shape index (κ2) is 7.06. The SMILES string of the molecule is O=S(=O)(NCCCc1ccc(O)cc1)c1ccc(Br)cc1. The van der Waals surface area contributed by atoms with Crippen LogP contribution in [0, 0.1) is 0 Å². The fourth-order valence-electron chi connectivity index (χ4n) is 1.86. The van der Waals surface area contributed by atoms with Gasteiger partial charge in [0.25, 0.3) is 0 Å². The average molecular weight is 370 g/mol. The summed E-state index contributed by atoms with van der Waals surface area (Å²) in [6.07, 6.45) is 1.45. The number of rotatable bonds is 6. The normalized spacial score (nSPS) is 11.5. The zero-order valence-electron chi connectivity index (χ0n) is 11.3. The molecule has 0 atom stereocenters. The number of hydrogen-bond acceptors (Lipinski definition) is 3. The molecule has 0 aliphatic rings. The van der Waals surface area contributed by atoms with Crippen LogP contribution in [0.4, 0.5) is 0 Å². The van der Waals surface area contributed by atoms with E-state index in [0.29, 0.717) is 13.0 Å². The molecular weight excluding hydrogens is 354 g/mol. The molecule has 2 aromatic carbocycles. The molecule has 0 aliphatic heterocycles. The molecule has 0 aromatic heterocycles. The minimum atomic E-state index is -3.45. The maximum Gasteiger partial charge on any atom is 0.240 e. The van der Waals surface area contributed by atoms with Gasteiger partial charge in [0.15, 0.2) is 0 Å². The van der Waals surface area contributed by atoms with Gasteiger partial charge in [-0.25, -0.2) is 13.1 Å². The van der Waals surface area contributed by atoms with Gasteiger partial charge in [-0.1, -0.05) is 28.1 Å². The molecule has 0 heterocycles. The van der Waals surface area contributed by atoms with E-state index in [9.17, 15) is 13.5 Å². The van der Waals surface area contributed by atoms with Gasteiger partial charge in [0, 0.05) is 11.0 Å². The number of phenols is 1. The van der Waals surface area contributed by atoms with Crippen molar-refractivity contribution in [1.29, 1.82) is 0 Å². The largest absolute Gasteiger partial charge is 0.508 e. The van der Waals surface area contributed by atoms with E-state index in [4.69, 9.17) is 0 Å². The van der Waals surface area contributed by atoms with E-state index in [1.807, 2.05) is 12.1 Å². The Morgan fingerprint density at radius 3 is 2.24 bits per heavy atom. The first-order valence-electron chi connectivity index (χ1n) is 6.50. The third kappa shape index (κ3) is 4.84. The van der Waals surface area contributed by atoms with Crippen LogP contribution < -0.4 is 4.72 Å².